The highest BCUT2D eigenvalue weighted by Gasteiger charge is 1.78. The van der Waals surface area contributed by atoms with Crippen molar-refractivity contribution in [3.8, 4) is 0 Å². The van der Waals surface area contributed by atoms with Gasteiger partial charge in [0.05, 0.1) is 0 Å². The molecule has 0 amide bonds. The zero-order chi connectivity index (χ0) is 7.94. The first-order chi connectivity index (χ1) is 5.43. The van der Waals surface area contributed by atoms with Crippen molar-refractivity contribution in [3.63, 3.8) is 0 Å². The summed E-state index contributed by atoms with van der Waals surface area (Å²) in [5.41, 5.74) is 1.08. The second-order valence-electron chi connectivity index (χ2n) is 2.05. The van der Waals surface area contributed by atoms with E-state index < -0.39 is 0 Å². The van der Waals surface area contributed by atoms with Crippen LogP contribution in [0.3, 0.4) is 0 Å². The van der Waals surface area contributed by atoms with Crippen molar-refractivity contribution < 1.29 is 4.79 Å². The van der Waals surface area contributed by atoms with Crippen molar-refractivity contribution in [2.45, 2.75) is 0 Å². The molecule has 1 heteroatoms. The summed E-state index contributed by atoms with van der Waals surface area (Å²) in [6.07, 6.45) is 4.86. The normalized spacial score (nSPS) is 9.45. The van der Waals surface area contributed by atoms with E-state index in [0.29, 0.717) is 0 Å². The van der Waals surface area contributed by atoms with E-state index in [4.69, 9.17) is 0 Å². The average Bonchev–Trinajstić information content (AvgIpc) is 2.07. The largest absolute Gasteiger partial charge is 0.234 e. The van der Waals surface area contributed by atoms with Crippen LogP contribution in [0.4, 0.5) is 0 Å². The standard InChI is InChI=1S/C10H8O/c11-9-5-4-8-10-6-2-1-3-7-10/h1-8H/b8-4-. The third-order valence-corrected chi connectivity index (χ3v) is 1.25. The van der Waals surface area contributed by atoms with E-state index in [1.54, 1.807) is 12.0 Å². The lowest BCUT2D eigenvalue weighted by atomic mass is 10.2. The van der Waals surface area contributed by atoms with Crippen LogP contribution in [-0.4, -0.2) is 5.94 Å². The molecular formula is C10H8O. The summed E-state index contributed by atoms with van der Waals surface area (Å²) in [7, 11) is 0. The Hall–Kier alpha value is -1.59. The molecular weight excluding hydrogens is 136 g/mol. The van der Waals surface area contributed by atoms with Crippen LogP contribution in [-0.2, 0) is 4.79 Å². The van der Waals surface area contributed by atoms with Gasteiger partial charge in [-0.15, -0.1) is 0 Å². The first-order valence-corrected chi connectivity index (χ1v) is 3.36. The predicted octanol–water partition coefficient (Wildman–Crippen LogP) is 2.09. The second-order valence-corrected chi connectivity index (χ2v) is 2.05. The number of hydrogen-bond donors (Lipinski definition) is 0. The zero-order valence-corrected chi connectivity index (χ0v) is 6.03. The van der Waals surface area contributed by atoms with E-state index in [0.717, 1.165) is 5.56 Å². The average molecular weight is 144 g/mol. The summed E-state index contributed by atoms with van der Waals surface area (Å²) in [4.78, 5) is 9.76. The fraction of sp³-hybridized carbons (Fsp3) is 0. The molecule has 0 atom stereocenters. The molecule has 0 aliphatic rings. The monoisotopic (exact) mass is 144 g/mol. The van der Waals surface area contributed by atoms with Crippen molar-refractivity contribution in [2.75, 3.05) is 0 Å². The van der Waals surface area contributed by atoms with Crippen molar-refractivity contribution in [1.82, 2.24) is 0 Å². The van der Waals surface area contributed by atoms with Crippen LogP contribution in [0.5, 0.6) is 0 Å². The van der Waals surface area contributed by atoms with Gasteiger partial charge < -0.3 is 0 Å². The van der Waals surface area contributed by atoms with Gasteiger partial charge in [0, 0.05) is 6.08 Å². The molecule has 0 radical (unpaired) electrons. The minimum atomic E-state index is 1.08. The van der Waals surface area contributed by atoms with Gasteiger partial charge in [0.2, 0.25) is 0 Å². The molecule has 0 aliphatic carbocycles. The molecule has 0 aliphatic heterocycles. The van der Waals surface area contributed by atoms with Crippen LogP contribution in [0.2, 0.25) is 0 Å². The number of hydrogen-bond acceptors (Lipinski definition) is 1. The SMILES string of the molecule is O=C=C/C=C\c1ccccc1. The second kappa shape index (κ2) is 4.26. The number of carbonyl (C=O) groups excluding carboxylic acids is 1. The minimum Gasteiger partial charge on any atom is -0.234 e. The predicted molar refractivity (Wildman–Crippen MR) is 45.7 cm³/mol. The Labute approximate surface area is 65.7 Å². The quantitative estimate of drug-likeness (QED) is 0.459. The number of allylic oxidation sites excluding steroid dienone is 2. The van der Waals surface area contributed by atoms with Crippen LogP contribution < -0.4 is 0 Å². The maximum Gasteiger partial charge on any atom is 0.124 e. The molecule has 1 nitrogen and oxygen atoms in total. The van der Waals surface area contributed by atoms with E-state index in [1.165, 1.54) is 6.08 Å². The van der Waals surface area contributed by atoms with Gasteiger partial charge in [0.1, 0.15) is 5.94 Å². The van der Waals surface area contributed by atoms with Gasteiger partial charge in [-0.2, -0.15) is 0 Å². The summed E-state index contributed by atoms with van der Waals surface area (Å²) in [6.45, 7) is 0. The Morgan fingerprint density at radius 2 is 1.91 bits per heavy atom. The fourth-order valence-corrected chi connectivity index (χ4v) is 0.763. The molecule has 0 bridgehead atoms. The number of benzene rings is 1. The van der Waals surface area contributed by atoms with Crippen LogP contribution in [0.1, 0.15) is 5.56 Å². The van der Waals surface area contributed by atoms with Gasteiger partial charge in [0.15, 0.2) is 0 Å². The minimum absolute atomic E-state index is 1.08. The van der Waals surface area contributed by atoms with Crippen LogP contribution in [0.25, 0.3) is 6.08 Å². The maximum atomic E-state index is 9.76. The summed E-state index contributed by atoms with van der Waals surface area (Å²) in [5, 5.41) is 0. The fourth-order valence-electron chi connectivity index (χ4n) is 0.763. The van der Waals surface area contributed by atoms with Crippen molar-refractivity contribution >= 4 is 12.0 Å². The van der Waals surface area contributed by atoms with E-state index in [-0.39, 0.29) is 0 Å². The van der Waals surface area contributed by atoms with Gasteiger partial charge in [-0.1, -0.05) is 42.5 Å². The summed E-state index contributed by atoms with van der Waals surface area (Å²) >= 11 is 0. The molecule has 1 aromatic carbocycles. The van der Waals surface area contributed by atoms with E-state index in [1.807, 2.05) is 36.4 Å². The lowest BCUT2D eigenvalue weighted by molar-refractivity contribution is 0.569. The Morgan fingerprint density at radius 1 is 1.18 bits per heavy atom. The van der Waals surface area contributed by atoms with Gasteiger partial charge >= 0.3 is 0 Å². The van der Waals surface area contributed by atoms with E-state index in [2.05, 4.69) is 0 Å². The van der Waals surface area contributed by atoms with Crippen molar-refractivity contribution in [1.29, 1.82) is 0 Å². The Balaban J connectivity index is 2.72. The van der Waals surface area contributed by atoms with E-state index in [9.17, 15) is 4.79 Å². The molecule has 54 valence electrons. The van der Waals surface area contributed by atoms with Gasteiger partial charge in [-0.25, -0.2) is 4.79 Å². The molecule has 0 unspecified atom stereocenters. The molecule has 0 saturated heterocycles. The molecule has 11 heavy (non-hydrogen) atoms. The molecule has 1 rings (SSSR count). The molecule has 1 aromatic rings. The number of rotatable bonds is 2. The van der Waals surface area contributed by atoms with Gasteiger partial charge in [-0.3, -0.25) is 0 Å². The van der Waals surface area contributed by atoms with Crippen LogP contribution in [0, 0.1) is 0 Å². The molecule has 0 heterocycles. The van der Waals surface area contributed by atoms with Crippen LogP contribution in [0.15, 0.2) is 42.5 Å². The Morgan fingerprint density at radius 3 is 2.55 bits per heavy atom. The van der Waals surface area contributed by atoms with Crippen molar-refractivity contribution in [3.05, 3.63) is 48.0 Å². The Bertz CT molecular complexity index is 279. The molecule has 0 N–H and O–H groups in total. The summed E-state index contributed by atoms with van der Waals surface area (Å²) in [6, 6.07) is 9.78. The smallest absolute Gasteiger partial charge is 0.124 e. The summed E-state index contributed by atoms with van der Waals surface area (Å²) < 4.78 is 0. The highest BCUT2D eigenvalue weighted by atomic mass is 16.1. The van der Waals surface area contributed by atoms with Gasteiger partial charge in [-0.05, 0) is 5.56 Å². The molecule has 0 fully saturated rings. The first kappa shape index (κ1) is 7.52. The lowest BCUT2D eigenvalue weighted by Crippen LogP contribution is -1.66. The molecule has 0 aromatic heterocycles. The molecule has 0 saturated carbocycles. The topological polar surface area (TPSA) is 17.1 Å². The highest BCUT2D eigenvalue weighted by Crippen LogP contribution is 1.99. The lowest BCUT2D eigenvalue weighted by Gasteiger charge is -1.87. The molecule has 0 spiro atoms. The highest BCUT2D eigenvalue weighted by molar-refractivity contribution is 5.57. The maximum absolute atomic E-state index is 9.76. The summed E-state index contributed by atoms with van der Waals surface area (Å²) in [5.74, 6) is 1.68. The van der Waals surface area contributed by atoms with Crippen molar-refractivity contribution in [2.24, 2.45) is 0 Å². The van der Waals surface area contributed by atoms with Crippen LogP contribution >= 0.6 is 0 Å². The Kier molecular flexibility index (Phi) is 2.91. The first-order valence-electron chi connectivity index (χ1n) is 3.36. The third-order valence-electron chi connectivity index (χ3n) is 1.25. The third kappa shape index (κ3) is 2.65. The van der Waals surface area contributed by atoms with E-state index >= 15 is 0 Å². The zero-order valence-electron chi connectivity index (χ0n) is 6.03. The van der Waals surface area contributed by atoms with Gasteiger partial charge in [0.25, 0.3) is 0 Å².